The maximum atomic E-state index is 12.4. The summed E-state index contributed by atoms with van der Waals surface area (Å²) >= 11 is 1.62. The lowest BCUT2D eigenvalue weighted by atomic mass is 10.1. The van der Waals surface area contributed by atoms with Gasteiger partial charge in [0.25, 0.3) is 0 Å². The van der Waals surface area contributed by atoms with Gasteiger partial charge in [-0.3, -0.25) is 14.5 Å². The van der Waals surface area contributed by atoms with Gasteiger partial charge in [0.15, 0.2) is 0 Å². The molecule has 0 radical (unpaired) electrons. The quantitative estimate of drug-likeness (QED) is 0.890. The van der Waals surface area contributed by atoms with Crippen LogP contribution in [-0.4, -0.2) is 58.5 Å². The Morgan fingerprint density at radius 2 is 2.24 bits per heavy atom. The fraction of sp³-hybridized carbons (Fsp3) is 0.600. The third-order valence-electron chi connectivity index (χ3n) is 4.51. The predicted octanol–water partition coefficient (Wildman–Crippen LogP) is 1.30. The zero-order valence-electron chi connectivity index (χ0n) is 12.1. The number of likely N-dealkylation sites (tertiary alicyclic amines) is 2. The Balaban J connectivity index is 1.55. The maximum Gasteiger partial charge on any atom is 0.307 e. The summed E-state index contributed by atoms with van der Waals surface area (Å²) in [5, 5.41) is 11.0. The van der Waals surface area contributed by atoms with Gasteiger partial charge >= 0.3 is 5.97 Å². The van der Waals surface area contributed by atoms with Gasteiger partial charge in [-0.25, -0.2) is 0 Å². The minimum Gasteiger partial charge on any atom is -0.481 e. The Labute approximate surface area is 128 Å². The second-order valence-corrected chi connectivity index (χ2v) is 7.07. The molecule has 1 amide bonds. The first-order valence-electron chi connectivity index (χ1n) is 7.33. The molecular weight excluding hydrogens is 288 g/mol. The molecule has 1 N–H and O–H groups in total. The summed E-state index contributed by atoms with van der Waals surface area (Å²) in [6.45, 7) is 3.90. The van der Waals surface area contributed by atoms with E-state index in [0.717, 1.165) is 24.4 Å². The average Bonchev–Trinajstić information content (AvgIpc) is 3.13. The van der Waals surface area contributed by atoms with E-state index in [1.165, 1.54) is 0 Å². The van der Waals surface area contributed by atoms with Gasteiger partial charge in [0, 0.05) is 36.6 Å². The van der Waals surface area contributed by atoms with Gasteiger partial charge in [-0.1, -0.05) is 13.0 Å². The highest BCUT2D eigenvalue weighted by Gasteiger charge is 2.45. The van der Waals surface area contributed by atoms with Gasteiger partial charge in [0.05, 0.1) is 12.3 Å². The van der Waals surface area contributed by atoms with Gasteiger partial charge in [-0.15, -0.1) is 11.3 Å². The van der Waals surface area contributed by atoms with Crippen molar-refractivity contribution in [3.63, 3.8) is 0 Å². The highest BCUT2D eigenvalue weighted by atomic mass is 32.1. The van der Waals surface area contributed by atoms with Crippen molar-refractivity contribution in [3.8, 4) is 0 Å². The number of nitrogens with zero attached hydrogens (tertiary/aromatic N) is 2. The van der Waals surface area contributed by atoms with Crippen LogP contribution in [0, 0.1) is 5.92 Å². The molecule has 0 aromatic carbocycles. The Morgan fingerprint density at radius 3 is 2.81 bits per heavy atom. The number of fused-ring (bicyclic) bond motifs is 2. The van der Waals surface area contributed by atoms with E-state index in [9.17, 15) is 9.59 Å². The highest BCUT2D eigenvalue weighted by Crippen LogP contribution is 2.31. The van der Waals surface area contributed by atoms with Crippen LogP contribution in [0.25, 0.3) is 0 Å². The van der Waals surface area contributed by atoms with E-state index in [1.54, 1.807) is 18.3 Å². The summed E-state index contributed by atoms with van der Waals surface area (Å²) in [6, 6.07) is 4.57. The van der Waals surface area contributed by atoms with Gasteiger partial charge in [0.2, 0.25) is 5.91 Å². The maximum absolute atomic E-state index is 12.4. The molecule has 5 nitrogen and oxygen atoms in total. The topological polar surface area (TPSA) is 60.9 Å². The Kier molecular flexibility index (Phi) is 3.99. The minimum absolute atomic E-state index is 0.205. The fourth-order valence-corrected chi connectivity index (χ4v) is 4.07. The van der Waals surface area contributed by atoms with Gasteiger partial charge in [0.1, 0.15) is 0 Å². The molecule has 3 heterocycles. The molecule has 2 fully saturated rings. The van der Waals surface area contributed by atoms with E-state index in [2.05, 4.69) is 4.90 Å². The number of piperazine rings is 1. The molecule has 6 heteroatoms. The SMILES string of the molecule is C[C@@H](CN1C[C@H]2C[C@@H]1CN2C(=O)Cc1cccs1)C(=O)O. The molecule has 3 rings (SSSR count). The molecule has 21 heavy (non-hydrogen) atoms. The number of thiophene rings is 1. The van der Waals surface area contributed by atoms with Crippen LogP contribution in [0.4, 0.5) is 0 Å². The second kappa shape index (κ2) is 5.77. The van der Waals surface area contributed by atoms with Crippen LogP contribution in [0.2, 0.25) is 0 Å². The largest absolute Gasteiger partial charge is 0.481 e. The molecule has 2 aliphatic heterocycles. The first kappa shape index (κ1) is 14.5. The zero-order valence-corrected chi connectivity index (χ0v) is 12.9. The third kappa shape index (κ3) is 2.96. The summed E-state index contributed by atoms with van der Waals surface area (Å²) in [4.78, 5) is 28.7. The molecule has 2 saturated heterocycles. The number of rotatable bonds is 5. The lowest BCUT2D eigenvalue weighted by molar-refractivity contribution is -0.142. The van der Waals surface area contributed by atoms with Crippen LogP contribution in [0.1, 0.15) is 18.2 Å². The Bertz CT molecular complexity index is 531. The first-order chi connectivity index (χ1) is 10.0. The van der Waals surface area contributed by atoms with Crippen molar-refractivity contribution in [2.75, 3.05) is 19.6 Å². The number of carbonyl (C=O) groups is 2. The molecule has 2 bridgehead atoms. The number of carbonyl (C=O) groups excluding carboxylic acids is 1. The van der Waals surface area contributed by atoms with Crippen molar-refractivity contribution in [2.45, 2.75) is 31.8 Å². The summed E-state index contributed by atoms with van der Waals surface area (Å²) in [5.41, 5.74) is 0. The van der Waals surface area contributed by atoms with Crippen molar-refractivity contribution < 1.29 is 14.7 Å². The van der Waals surface area contributed by atoms with Crippen molar-refractivity contribution >= 4 is 23.2 Å². The average molecular weight is 308 g/mol. The van der Waals surface area contributed by atoms with Crippen molar-refractivity contribution in [2.24, 2.45) is 5.92 Å². The molecule has 0 saturated carbocycles. The van der Waals surface area contributed by atoms with E-state index in [-0.39, 0.29) is 17.9 Å². The predicted molar refractivity (Wildman–Crippen MR) is 80.3 cm³/mol. The molecule has 2 aliphatic rings. The number of carboxylic acids is 1. The molecule has 1 aromatic rings. The second-order valence-electron chi connectivity index (χ2n) is 6.04. The monoisotopic (exact) mass is 308 g/mol. The van der Waals surface area contributed by atoms with Gasteiger partial charge in [-0.2, -0.15) is 0 Å². The van der Waals surface area contributed by atoms with Crippen LogP contribution < -0.4 is 0 Å². The van der Waals surface area contributed by atoms with E-state index >= 15 is 0 Å². The highest BCUT2D eigenvalue weighted by molar-refractivity contribution is 7.10. The lowest BCUT2D eigenvalue weighted by Gasteiger charge is -2.35. The van der Waals surface area contributed by atoms with Crippen LogP contribution in [-0.2, 0) is 16.0 Å². The van der Waals surface area contributed by atoms with Crippen molar-refractivity contribution in [1.29, 1.82) is 0 Å². The number of hydrogen-bond donors (Lipinski definition) is 1. The molecule has 114 valence electrons. The molecule has 3 atom stereocenters. The van der Waals surface area contributed by atoms with E-state index in [4.69, 9.17) is 5.11 Å². The van der Waals surface area contributed by atoms with Crippen LogP contribution in [0.3, 0.4) is 0 Å². The minimum atomic E-state index is -0.747. The van der Waals surface area contributed by atoms with E-state index < -0.39 is 5.97 Å². The molecule has 1 aromatic heterocycles. The standard InChI is InChI=1S/C15H20N2O3S/c1-10(15(19)20)7-16-8-12-5-11(16)9-17(12)14(18)6-13-3-2-4-21-13/h2-4,10-12H,5-9H2,1H3,(H,19,20)/t10-,11+,12+/m0/s1. The summed E-state index contributed by atoms with van der Waals surface area (Å²) < 4.78 is 0. The summed E-state index contributed by atoms with van der Waals surface area (Å²) in [7, 11) is 0. The van der Waals surface area contributed by atoms with E-state index in [1.807, 2.05) is 22.4 Å². The smallest absolute Gasteiger partial charge is 0.307 e. The number of amides is 1. The Hall–Kier alpha value is -1.40. The third-order valence-corrected chi connectivity index (χ3v) is 5.39. The number of carboxylic acid groups (broad SMARTS) is 1. The molecular formula is C15H20N2O3S. The van der Waals surface area contributed by atoms with Crippen LogP contribution in [0.5, 0.6) is 0 Å². The van der Waals surface area contributed by atoms with Crippen LogP contribution >= 0.6 is 11.3 Å². The molecule has 0 unspecified atom stereocenters. The Morgan fingerprint density at radius 1 is 1.43 bits per heavy atom. The molecule has 0 aliphatic carbocycles. The van der Waals surface area contributed by atoms with Crippen molar-refractivity contribution in [3.05, 3.63) is 22.4 Å². The molecule has 0 spiro atoms. The van der Waals surface area contributed by atoms with Gasteiger partial charge < -0.3 is 10.0 Å². The van der Waals surface area contributed by atoms with Crippen molar-refractivity contribution in [1.82, 2.24) is 9.80 Å². The fourth-order valence-electron chi connectivity index (χ4n) is 3.37. The lowest BCUT2D eigenvalue weighted by Crippen LogP contribution is -2.50. The van der Waals surface area contributed by atoms with Gasteiger partial charge in [-0.05, 0) is 17.9 Å². The first-order valence-corrected chi connectivity index (χ1v) is 8.21. The number of hydrogen-bond acceptors (Lipinski definition) is 4. The van der Waals surface area contributed by atoms with E-state index in [0.29, 0.717) is 19.0 Å². The summed E-state index contributed by atoms with van der Waals surface area (Å²) in [5.74, 6) is -0.890. The summed E-state index contributed by atoms with van der Waals surface area (Å²) in [6.07, 6.45) is 1.48. The number of aliphatic carboxylic acids is 1. The zero-order chi connectivity index (χ0) is 15.0. The van der Waals surface area contributed by atoms with Crippen LogP contribution in [0.15, 0.2) is 17.5 Å². The normalized spacial score (nSPS) is 26.2.